The summed E-state index contributed by atoms with van der Waals surface area (Å²) in [7, 11) is 0. The van der Waals surface area contributed by atoms with Crippen molar-refractivity contribution in [3.8, 4) is 0 Å². The molecular formula is C11H16O. The van der Waals surface area contributed by atoms with Crippen LogP contribution in [0.2, 0.25) is 0 Å². The second kappa shape index (κ2) is 1.13. The summed E-state index contributed by atoms with van der Waals surface area (Å²) in [5.74, 6) is 0.826. The van der Waals surface area contributed by atoms with Gasteiger partial charge in [0.2, 0.25) is 0 Å². The van der Waals surface area contributed by atoms with Crippen molar-refractivity contribution in [2.24, 2.45) is 27.6 Å². The lowest BCUT2D eigenvalue weighted by Gasteiger charge is -2.24. The van der Waals surface area contributed by atoms with Crippen LogP contribution in [-0.4, -0.2) is 5.78 Å². The normalized spacial score (nSPS) is 77.4. The molecule has 0 saturated heterocycles. The molecule has 0 aromatic rings. The number of carbonyl (C=O) groups excluding carboxylic acids is 1. The lowest BCUT2D eigenvalue weighted by Crippen LogP contribution is -2.22. The molecule has 0 aliphatic heterocycles. The molecule has 0 heterocycles. The highest BCUT2D eigenvalue weighted by Gasteiger charge is 3.11. The van der Waals surface area contributed by atoms with Gasteiger partial charge in [-0.3, -0.25) is 4.79 Å². The van der Waals surface area contributed by atoms with E-state index in [9.17, 15) is 4.79 Å². The Morgan fingerprint density at radius 3 is 1.58 bits per heavy atom. The highest BCUT2D eigenvalue weighted by Crippen LogP contribution is 3.11. The predicted octanol–water partition coefficient (Wildman–Crippen LogP) is 2.26. The van der Waals surface area contributed by atoms with E-state index in [1.165, 1.54) is 0 Å². The monoisotopic (exact) mass is 164 g/mol. The Morgan fingerprint density at radius 2 is 1.50 bits per heavy atom. The smallest absolute Gasteiger partial charge is 0.143 e. The maximum Gasteiger partial charge on any atom is 0.143 e. The largest absolute Gasteiger partial charge is 0.299 e. The molecule has 1 nitrogen and oxygen atoms in total. The molecule has 0 radical (unpaired) electrons. The molecule has 0 N–H and O–H groups in total. The van der Waals surface area contributed by atoms with Crippen molar-refractivity contribution in [3.63, 3.8) is 0 Å². The van der Waals surface area contributed by atoms with Gasteiger partial charge in [-0.25, -0.2) is 0 Å². The summed E-state index contributed by atoms with van der Waals surface area (Å²) < 4.78 is 0. The number of Topliss-reactive ketones (excluding diaryl/α,β-unsaturated/α-hetero) is 1. The minimum absolute atomic E-state index is 0.0498. The highest BCUT2D eigenvalue weighted by atomic mass is 16.1. The maximum atomic E-state index is 11.9. The van der Waals surface area contributed by atoms with Gasteiger partial charge >= 0.3 is 0 Å². The average molecular weight is 164 g/mol. The molecule has 2 bridgehead atoms. The minimum atomic E-state index is 0.0498. The molecule has 0 amide bonds. The van der Waals surface area contributed by atoms with Gasteiger partial charge in [0.25, 0.3) is 0 Å². The quantitative estimate of drug-likeness (QED) is 0.536. The summed E-state index contributed by atoms with van der Waals surface area (Å²) in [4.78, 5) is 11.9. The fourth-order valence-corrected chi connectivity index (χ4v) is 5.31. The Kier molecular flexibility index (Phi) is 0.672. The van der Waals surface area contributed by atoms with Crippen molar-refractivity contribution in [1.82, 2.24) is 0 Å². The van der Waals surface area contributed by atoms with Crippen LogP contribution in [-0.2, 0) is 4.79 Å². The minimum Gasteiger partial charge on any atom is -0.299 e. The van der Waals surface area contributed by atoms with Gasteiger partial charge in [-0.1, -0.05) is 34.6 Å². The first-order valence-electron chi connectivity index (χ1n) is 4.86. The fraction of sp³-hybridized carbons (Fsp3) is 0.909. The molecule has 2 unspecified atom stereocenters. The molecule has 3 atom stereocenters. The molecule has 4 saturated carbocycles. The molecular weight excluding hydrogens is 148 g/mol. The lowest BCUT2D eigenvalue weighted by molar-refractivity contribution is -0.124. The topological polar surface area (TPSA) is 17.1 Å². The van der Waals surface area contributed by atoms with Crippen LogP contribution in [0.25, 0.3) is 0 Å². The zero-order chi connectivity index (χ0) is 9.15. The van der Waals surface area contributed by atoms with Crippen molar-refractivity contribution in [2.75, 3.05) is 0 Å². The van der Waals surface area contributed by atoms with Crippen molar-refractivity contribution in [1.29, 1.82) is 0 Å². The van der Waals surface area contributed by atoms with E-state index in [0.717, 1.165) is 0 Å². The molecule has 4 rings (SSSR count). The van der Waals surface area contributed by atoms with Crippen LogP contribution in [0.15, 0.2) is 0 Å². The van der Waals surface area contributed by atoms with Gasteiger partial charge in [0.1, 0.15) is 5.78 Å². The summed E-state index contributed by atoms with van der Waals surface area (Å²) in [6, 6.07) is 0. The van der Waals surface area contributed by atoms with Crippen LogP contribution in [0.4, 0.5) is 0 Å². The third-order valence-electron chi connectivity index (χ3n) is 6.70. The first kappa shape index (κ1) is 7.11. The van der Waals surface area contributed by atoms with E-state index in [4.69, 9.17) is 0 Å². The number of carbonyl (C=O) groups is 1. The SMILES string of the molecule is C[C@@H]1C(=O)C2(C)C3(C)C1(C)C23C. The maximum absolute atomic E-state index is 11.9. The van der Waals surface area contributed by atoms with Crippen molar-refractivity contribution >= 4 is 5.78 Å². The van der Waals surface area contributed by atoms with Crippen LogP contribution >= 0.6 is 0 Å². The molecule has 0 aromatic heterocycles. The van der Waals surface area contributed by atoms with E-state index >= 15 is 0 Å². The molecule has 4 aliphatic carbocycles. The Labute approximate surface area is 73.5 Å². The van der Waals surface area contributed by atoms with Crippen molar-refractivity contribution in [3.05, 3.63) is 0 Å². The van der Waals surface area contributed by atoms with Gasteiger partial charge < -0.3 is 0 Å². The van der Waals surface area contributed by atoms with E-state index < -0.39 is 0 Å². The second-order valence-electron chi connectivity index (χ2n) is 5.66. The van der Waals surface area contributed by atoms with Crippen LogP contribution in [0, 0.1) is 27.6 Å². The fourth-order valence-electron chi connectivity index (χ4n) is 5.31. The molecule has 1 heteroatoms. The van der Waals surface area contributed by atoms with E-state index in [-0.39, 0.29) is 5.41 Å². The third-order valence-corrected chi connectivity index (χ3v) is 6.70. The zero-order valence-corrected chi connectivity index (χ0v) is 8.49. The average Bonchev–Trinajstić information content (AvgIpc) is 2.59. The molecule has 4 fully saturated rings. The molecule has 66 valence electrons. The predicted molar refractivity (Wildman–Crippen MR) is 46.6 cm³/mol. The summed E-state index contributed by atoms with van der Waals surface area (Å²) in [5, 5.41) is 0. The summed E-state index contributed by atoms with van der Waals surface area (Å²) in [5.41, 5.74) is 1.09. The second-order valence-corrected chi connectivity index (χ2v) is 5.66. The molecule has 0 spiro atoms. The number of hydrogen-bond donors (Lipinski definition) is 0. The molecule has 4 aliphatic rings. The Hall–Kier alpha value is -0.330. The van der Waals surface area contributed by atoms with Crippen LogP contribution in [0.5, 0.6) is 0 Å². The van der Waals surface area contributed by atoms with Crippen molar-refractivity contribution in [2.45, 2.75) is 34.6 Å². The summed E-state index contributed by atoms with van der Waals surface area (Å²) >= 11 is 0. The number of hydrogen-bond acceptors (Lipinski definition) is 1. The van der Waals surface area contributed by atoms with Gasteiger partial charge in [0.05, 0.1) is 0 Å². The Morgan fingerprint density at radius 1 is 1.08 bits per heavy atom. The van der Waals surface area contributed by atoms with E-state index in [0.29, 0.717) is 27.9 Å². The number of fused-ring (bicyclic) bond motifs is 1. The first-order chi connectivity index (χ1) is 5.32. The van der Waals surface area contributed by atoms with E-state index in [1.807, 2.05) is 0 Å². The molecule has 0 aromatic carbocycles. The van der Waals surface area contributed by atoms with Crippen LogP contribution in [0.1, 0.15) is 34.6 Å². The van der Waals surface area contributed by atoms with Gasteiger partial charge in [0, 0.05) is 11.3 Å². The van der Waals surface area contributed by atoms with Crippen LogP contribution < -0.4 is 0 Å². The zero-order valence-electron chi connectivity index (χ0n) is 8.49. The first-order valence-corrected chi connectivity index (χ1v) is 4.86. The third kappa shape index (κ3) is 0.226. The van der Waals surface area contributed by atoms with Crippen LogP contribution in [0.3, 0.4) is 0 Å². The number of rotatable bonds is 0. The van der Waals surface area contributed by atoms with Crippen molar-refractivity contribution < 1.29 is 4.79 Å². The highest BCUT2D eigenvalue weighted by molar-refractivity contribution is 6.04. The van der Waals surface area contributed by atoms with E-state index in [1.54, 1.807) is 0 Å². The Balaban J connectivity index is 2.27. The van der Waals surface area contributed by atoms with Gasteiger partial charge in [-0.2, -0.15) is 0 Å². The Bertz CT molecular complexity index is 298. The number of ketones is 1. The lowest BCUT2D eigenvalue weighted by atomic mass is 9.78. The standard InChI is InChI=1S/C11H16O/c1-6-7(12)9(3)10(4)8(6,2)11(9,10)5/h6H,1-5H3/t6-,8?,9?,10?,11?/m1/s1. The molecule has 12 heavy (non-hydrogen) atoms. The van der Waals surface area contributed by atoms with Gasteiger partial charge in [-0.05, 0) is 16.2 Å². The van der Waals surface area contributed by atoms with Gasteiger partial charge in [0.15, 0.2) is 0 Å². The van der Waals surface area contributed by atoms with Gasteiger partial charge in [-0.15, -0.1) is 0 Å². The summed E-state index contributed by atoms with van der Waals surface area (Å²) in [6.07, 6.45) is 0. The van der Waals surface area contributed by atoms with E-state index in [2.05, 4.69) is 34.6 Å². The summed E-state index contributed by atoms with van der Waals surface area (Å²) in [6.45, 7) is 11.2.